The van der Waals surface area contributed by atoms with Crippen molar-refractivity contribution in [1.82, 2.24) is 24.1 Å². The summed E-state index contributed by atoms with van der Waals surface area (Å²) in [6, 6.07) is -30.7. The molecule has 9 aromatic carbocycles. The fourth-order valence-electron chi connectivity index (χ4n) is 7.89. The lowest BCUT2D eigenvalue weighted by Crippen LogP contribution is -2.75. The number of rotatable bonds is 8. The van der Waals surface area contributed by atoms with E-state index in [0.717, 1.165) is 0 Å². The molecule has 6 heteroatoms. The molecule has 0 N–H and O–H groups in total. The third-order valence-electron chi connectivity index (χ3n) is 10.6. The van der Waals surface area contributed by atoms with Crippen LogP contribution in [-0.4, -0.2) is 32.2 Å². The maximum atomic E-state index is 10.9. The first-order valence-corrected chi connectivity index (χ1v) is 21.3. The topological polar surface area (TPSA) is 48.5 Å². The number of aromatic nitrogens is 5. The van der Waals surface area contributed by atoms with Crippen LogP contribution in [0.4, 0.5) is 0 Å². The lowest BCUT2D eigenvalue weighted by molar-refractivity contribution is 0.893. The Kier molecular flexibility index (Phi) is 3.93. The average Bonchev–Trinajstić information content (AvgIpc) is 1.27. The van der Waals surface area contributed by atoms with Gasteiger partial charge in [0.1, 0.15) is 0 Å². The van der Waals surface area contributed by atoms with E-state index in [0.29, 0.717) is 9.13 Å². The molecule has 0 spiro atoms. The van der Waals surface area contributed by atoms with Gasteiger partial charge in [-0.3, -0.25) is 9.13 Å². The number of hydrogen-bond acceptors (Lipinski definition) is 3. The molecule has 0 bridgehead atoms. The van der Waals surface area contributed by atoms with Crippen molar-refractivity contribution in [2.75, 3.05) is 0 Å². The molecule has 0 saturated carbocycles. The molecular weight excluding hydrogens is 807 g/mol. The molecule has 0 amide bonds. The normalized spacial score (nSPS) is 20.6. The van der Waals surface area contributed by atoms with Crippen molar-refractivity contribution in [1.29, 1.82) is 0 Å². The van der Waals surface area contributed by atoms with Gasteiger partial charge in [-0.25, -0.2) is 0 Å². The molecular formula is C59H43N5Si. The summed E-state index contributed by atoms with van der Waals surface area (Å²) in [4.78, 5) is 13.9. The van der Waals surface area contributed by atoms with E-state index in [1.54, 1.807) is 0 Å². The summed E-state index contributed by atoms with van der Waals surface area (Å²) in [5, 5.41) is -6.09. The van der Waals surface area contributed by atoms with E-state index < -0.39 is 319 Å². The Morgan fingerprint density at radius 1 is 0.431 bits per heavy atom. The van der Waals surface area contributed by atoms with Gasteiger partial charge in [-0.2, -0.15) is 15.0 Å². The van der Waals surface area contributed by atoms with Crippen LogP contribution >= 0.6 is 0 Å². The smallest absolute Gasteiger partial charge is 0.240 e. The molecule has 1 unspecified atom stereocenters. The predicted molar refractivity (Wildman–Crippen MR) is 272 cm³/mol. The summed E-state index contributed by atoms with van der Waals surface area (Å²) in [6.45, 7) is -2.28. The van der Waals surface area contributed by atoms with Crippen molar-refractivity contribution in [2.45, 2.75) is 13.8 Å². The van der Waals surface area contributed by atoms with E-state index in [1.165, 1.54) is 31.2 Å². The van der Waals surface area contributed by atoms with Crippen molar-refractivity contribution >= 4 is 72.4 Å². The standard InChI is InChI=1S/C59H43N5Si/c1-40-19-16-25-45(37-40)65(56-36-15-6-20-41(56)2,46-26-17-23-43(38-46)42-21-4-3-5-22-42)47-27-18-24-44(39-47)57-60-58(63-52-32-11-7-28-48(52)49-29-8-12-33-53(49)63)62-59(61-57)64-54-34-13-9-30-50(54)51-31-10-14-35-55(51)64/h3-39H,1-2H3/i1D3,3D,4D,5D,7D,8D,9D,10D,11D,12D,13D,14D,16D,17D,18D,19D,21D,22D,23D,24D,25D,26D,27D,28D,29D,30D,31D,32D,33D,34D,35D,37D,38D,39D. The number of fused-ring (bicyclic) bond motifs is 6. The second kappa shape index (κ2) is 15.6. The van der Waals surface area contributed by atoms with E-state index in [-0.39, 0.29) is 5.56 Å². The summed E-state index contributed by atoms with van der Waals surface area (Å²) in [6.07, 6.45) is 0. The average molecular weight is 886 g/mol. The van der Waals surface area contributed by atoms with Gasteiger partial charge in [0.25, 0.3) is 0 Å². The van der Waals surface area contributed by atoms with Crippen molar-refractivity contribution < 1.29 is 49.3 Å². The lowest BCUT2D eigenvalue weighted by atomic mass is 10.1. The summed E-state index contributed by atoms with van der Waals surface area (Å²) < 4.78 is 336. The van der Waals surface area contributed by atoms with Crippen molar-refractivity contribution in [2.24, 2.45) is 0 Å². The van der Waals surface area contributed by atoms with Crippen LogP contribution in [0.25, 0.3) is 78.0 Å². The predicted octanol–water partition coefficient (Wildman–Crippen LogP) is 11.4. The van der Waals surface area contributed by atoms with Crippen LogP contribution in [0.15, 0.2) is 224 Å². The fourth-order valence-corrected chi connectivity index (χ4v) is 12.2. The van der Waals surface area contributed by atoms with Gasteiger partial charge in [0.2, 0.25) is 11.9 Å². The van der Waals surface area contributed by atoms with Crippen LogP contribution in [0, 0.1) is 13.8 Å². The third-order valence-corrected chi connectivity index (χ3v) is 15.0. The summed E-state index contributed by atoms with van der Waals surface area (Å²) in [7, 11) is -6.32. The summed E-state index contributed by atoms with van der Waals surface area (Å²) in [5.74, 6) is -3.34. The van der Waals surface area contributed by atoms with Crippen LogP contribution in [0.2, 0.25) is 0 Å². The molecule has 0 aliphatic heterocycles. The number of benzene rings is 9. The van der Waals surface area contributed by atoms with Gasteiger partial charge in [0, 0.05) is 31.2 Å². The minimum Gasteiger partial charge on any atom is -0.278 e. The molecule has 0 radical (unpaired) electrons. The van der Waals surface area contributed by atoms with Crippen LogP contribution in [-0.2, 0) is 0 Å². The zero-order valence-corrected chi connectivity index (χ0v) is 34.0. The minimum absolute atomic E-state index is 0.0629. The Balaban J connectivity index is 1.41. The van der Waals surface area contributed by atoms with Crippen LogP contribution < -0.4 is 20.7 Å². The van der Waals surface area contributed by atoms with Gasteiger partial charge in [0.05, 0.1) is 67.3 Å². The second-order valence-corrected chi connectivity index (χ2v) is 17.7. The van der Waals surface area contributed by atoms with Crippen LogP contribution in [0.1, 0.15) is 60.5 Å². The molecule has 3 aromatic heterocycles. The van der Waals surface area contributed by atoms with Crippen molar-refractivity contribution in [3.63, 3.8) is 0 Å². The first kappa shape index (κ1) is 16.4. The number of hydrogen-bond donors (Lipinski definition) is 0. The zero-order valence-electron chi connectivity index (χ0n) is 69.0. The summed E-state index contributed by atoms with van der Waals surface area (Å²) in [5.41, 5.74) is -7.43. The maximum absolute atomic E-state index is 10.9. The number of aryl methyl sites for hydroxylation is 1. The molecule has 1 atom stereocenters. The highest BCUT2D eigenvalue weighted by molar-refractivity contribution is 7.20. The first-order valence-electron chi connectivity index (χ1n) is 37.3. The van der Waals surface area contributed by atoms with Gasteiger partial charge in [-0.15, -0.1) is 0 Å². The summed E-state index contributed by atoms with van der Waals surface area (Å²) >= 11 is 0. The molecule has 0 saturated heterocycles. The van der Waals surface area contributed by atoms with Crippen molar-refractivity contribution in [3.8, 4) is 34.4 Å². The Labute approximate surface area is 429 Å². The third kappa shape index (κ3) is 6.25. The molecule has 12 rings (SSSR count). The quantitative estimate of drug-likeness (QED) is 0.113. The van der Waals surface area contributed by atoms with E-state index in [9.17, 15) is 26.0 Å². The van der Waals surface area contributed by atoms with Crippen LogP contribution in [0.5, 0.6) is 0 Å². The van der Waals surface area contributed by atoms with E-state index in [1.807, 2.05) is 0 Å². The minimum atomic E-state index is -6.32. The Bertz CT molecular complexity index is 5480. The molecule has 0 fully saturated rings. The molecule has 0 aliphatic carbocycles. The van der Waals surface area contributed by atoms with Crippen molar-refractivity contribution in [3.05, 3.63) is 235 Å². The van der Waals surface area contributed by atoms with Gasteiger partial charge < -0.3 is 0 Å². The van der Waals surface area contributed by atoms with Gasteiger partial charge in [0.15, 0.2) is 13.9 Å². The second-order valence-electron chi connectivity index (χ2n) is 14.1. The highest BCUT2D eigenvalue weighted by Crippen LogP contribution is 2.34. The fraction of sp³-hybridized carbons (Fsp3) is 0.0339. The number of nitrogens with zero attached hydrogens (tertiary/aromatic N) is 5. The van der Waals surface area contributed by atoms with Gasteiger partial charge in [-0.05, 0) is 69.8 Å². The van der Waals surface area contributed by atoms with E-state index in [4.69, 9.17) is 23.3 Å². The largest absolute Gasteiger partial charge is 0.278 e. The molecule has 65 heavy (non-hydrogen) atoms. The Hall–Kier alpha value is -8.19. The van der Waals surface area contributed by atoms with Gasteiger partial charge >= 0.3 is 0 Å². The van der Waals surface area contributed by atoms with E-state index in [2.05, 4.69) is 15.0 Å². The van der Waals surface area contributed by atoms with E-state index >= 15 is 0 Å². The number of para-hydroxylation sites is 4. The molecule has 5 nitrogen and oxygen atoms in total. The SMILES string of the molecule is [2H]c1c([2H])c([2H])c(-c2c([2H])c([2H])c([2H])c([Si](c3ccccc3C)(c3c([2H])c([2H])c([2H])c(-c4nc(-n5c6c([2H])c([2H])c([2H])c([2H])c6c6c([2H])c([2H])c([2H])c([2H])c65)nc(-n5c6c([2H])c([2H])c([2H])c([2H])c6c6c([2H])c([2H])c([2H])c([2H])c65)n4)c3[2H])c3c([2H])c([2H])c([2H])c(C([2H])([2H])[2H])c3[2H])c2[2H])c([2H])c1[2H]. The highest BCUT2D eigenvalue weighted by atomic mass is 28.3. The highest BCUT2D eigenvalue weighted by Gasteiger charge is 2.43. The zero-order chi connectivity index (χ0) is 74.7. The Morgan fingerprint density at radius 3 is 1.42 bits per heavy atom. The molecule has 0 aliphatic rings. The molecule has 3 heterocycles. The van der Waals surface area contributed by atoms with Gasteiger partial charge in [-0.1, -0.05) is 211 Å². The molecule has 308 valence electrons. The molecule has 12 aromatic rings. The van der Waals surface area contributed by atoms with Crippen LogP contribution in [0.3, 0.4) is 0 Å². The monoisotopic (exact) mass is 886 g/mol. The first-order chi connectivity index (χ1) is 47.0. The maximum Gasteiger partial charge on any atom is 0.240 e. The lowest BCUT2D eigenvalue weighted by Gasteiger charge is -2.36. The Morgan fingerprint density at radius 2 is 0.877 bits per heavy atom.